The first kappa shape index (κ1) is 8.58. The summed E-state index contributed by atoms with van der Waals surface area (Å²) >= 11 is 0. The zero-order chi connectivity index (χ0) is 8.81. The van der Waals surface area contributed by atoms with Crippen LogP contribution in [-0.4, -0.2) is 11.2 Å². The largest absolute Gasteiger partial charge is 0.377 e. The second-order valence-corrected chi connectivity index (χ2v) is 2.38. The first-order valence-electron chi connectivity index (χ1n) is 3.70. The quantitative estimate of drug-likeness (QED) is 0.649. The Balaban J connectivity index is 2.65. The number of rotatable bonds is 2. The second-order valence-electron chi connectivity index (χ2n) is 2.38. The molecule has 0 spiro atoms. The SMILES string of the molecule is C#C[C@H](O)C=Cc1ccccc1. The van der Waals surface area contributed by atoms with Gasteiger partial charge in [-0.15, -0.1) is 6.42 Å². The summed E-state index contributed by atoms with van der Waals surface area (Å²) in [5.74, 6) is 2.20. The van der Waals surface area contributed by atoms with E-state index in [0.717, 1.165) is 5.56 Å². The Kier molecular flexibility index (Phi) is 3.13. The van der Waals surface area contributed by atoms with E-state index in [9.17, 15) is 0 Å². The zero-order valence-corrected chi connectivity index (χ0v) is 6.64. The Hall–Kier alpha value is -1.52. The maximum Gasteiger partial charge on any atom is 0.133 e. The topological polar surface area (TPSA) is 20.2 Å². The summed E-state index contributed by atoms with van der Waals surface area (Å²) in [6.45, 7) is 0. The number of hydrogen-bond donors (Lipinski definition) is 1. The van der Waals surface area contributed by atoms with E-state index >= 15 is 0 Å². The average Bonchev–Trinajstić information content (AvgIpc) is 2.16. The van der Waals surface area contributed by atoms with Crippen LogP contribution in [0.15, 0.2) is 36.4 Å². The summed E-state index contributed by atoms with van der Waals surface area (Å²) in [6, 6.07) is 9.69. The van der Waals surface area contributed by atoms with Gasteiger partial charge in [-0.3, -0.25) is 0 Å². The van der Waals surface area contributed by atoms with Crippen molar-refractivity contribution in [3.63, 3.8) is 0 Å². The van der Waals surface area contributed by atoms with E-state index in [-0.39, 0.29) is 0 Å². The molecule has 0 aliphatic rings. The van der Waals surface area contributed by atoms with E-state index in [2.05, 4.69) is 5.92 Å². The molecule has 0 radical (unpaired) electrons. The molecule has 1 atom stereocenters. The van der Waals surface area contributed by atoms with Gasteiger partial charge >= 0.3 is 0 Å². The summed E-state index contributed by atoms with van der Waals surface area (Å²) in [4.78, 5) is 0. The number of terminal acetylenes is 1. The van der Waals surface area contributed by atoms with Gasteiger partial charge in [-0.25, -0.2) is 0 Å². The molecular formula is C11H10O. The Bertz CT molecular complexity index is 293. The molecule has 1 rings (SSSR count). The molecule has 0 bridgehead atoms. The highest BCUT2D eigenvalue weighted by molar-refractivity contribution is 5.49. The van der Waals surface area contributed by atoms with Gasteiger partial charge in [0, 0.05) is 0 Å². The zero-order valence-electron chi connectivity index (χ0n) is 6.64. The van der Waals surface area contributed by atoms with Crippen molar-refractivity contribution < 1.29 is 5.11 Å². The number of aliphatic hydroxyl groups excluding tert-OH is 1. The fourth-order valence-electron chi connectivity index (χ4n) is 0.822. The minimum Gasteiger partial charge on any atom is -0.377 e. The maximum absolute atomic E-state index is 9.00. The molecule has 1 aromatic carbocycles. The van der Waals surface area contributed by atoms with Crippen molar-refractivity contribution in [3.8, 4) is 12.3 Å². The Morgan fingerprint density at radius 2 is 2.00 bits per heavy atom. The fraction of sp³-hybridized carbons (Fsp3) is 0.0909. The summed E-state index contributed by atoms with van der Waals surface area (Å²) in [6.07, 6.45) is 7.57. The highest BCUT2D eigenvalue weighted by Crippen LogP contribution is 2.01. The van der Waals surface area contributed by atoms with Crippen LogP contribution in [0, 0.1) is 12.3 Å². The van der Waals surface area contributed by atoms with Crippen LogP contribution in [0.1, 0.15) is 5.56 Å². The van der Waals surface area contributed by atoms with Crippen molar-refractivity contribution in [2.75, 3.05) is 0 Å². The molecule has 0 fully saturated rings. The van der Waals surface area contributed by atoms with Gasteiger partial charge in [-0.1, -0.05) is 42.3 Å². The number of aliphatic hydroxyl groups is 1. The van der Waals surface area contributed by atoms with Gasteiger partial charge in [0.2, 0.25) is 0 Å². The van der Waals surface area contributed by atoms with Gasteiger partial charge in [0.05, 0.1) is 0 Å². The fourth-order valence-corrected chi connectivity index (χ4v) is 0.822. The third kappa shape index (κ3) is 2.61. The lowest BCUT2D eigenvalue weighted by molar-refractivity contribution is 0.282. The van der Waals surface area contributed by atoms with E-state index in [1.165, 1.54) is 0 Å². The summed E-state index contributed by atoms with van der Waals surface area (Å²) in [5, 5.41) is 9.00. The Labute approximate surface area is 72.4 Å². The molecule has 1 N–H and O–H groups in total. The van der Waals surface area contributed by atoms with Crippen LogP contribution in [0.25, 0.3) is 6.08 Å². The third-order valence-electron chi connectivity index (χ3n) is 1.44. The van der Waals surface area contributed by atoms with E-state index in [4.69, 9.17) is 11.5 Å². The van der Waals surface area contributed by atoms with Crippen molar-refractivity contribution in [2.24, 2.45) is 0 Å². The molecule has 0 heterocycles. The highest BCUT2D eigenvalue weighted by atomic mass is 16.3. The smallest absolute Gasteiger partial charge is 0.133 e. The van der Waals surface area contributed by atoms with Crippen LogP contribution < -0.4 is 0 Å². The van der Waals surface area contributed by atoms with Crippen molar-refractivity contribution >= 4 is 6.08 Å². The van der Waals surface area contributed by atoms with E-state index in [1.807, 2.05) is 30.3 Å². The maximum atomic E-state index is 9.00. The van der Waals surface area contributed by atoms with Gasteiger partial charge in [0.25, 0.3) is 0 Å². The minimum atomic E-state index is -0.787. The molecule has 0 saturated carbocycles. The van der Waals surface area contributed by atoms with Gasteiger partial charge < -0.3 is 5.11 Å². The Morgan fingerprint density at radius 3 is 2.58 bits per heavy atom. The van der Waals surface area contributed by atoms with E-state index in [0.29, 0.717) is 0 Å². The molecular weight excluding hydrogens is 148 g/mol. The van der Waals surface area contributed by atoms with Gasteiger partial charge in [-0.05, 0) is 11.6 Å². The summed E-state index contributed by atoms with van der Waals surface area (Å²) < 4.78 is 0. The van der Waals surface area contributed by atoms with Crippen molar-refractivity contribution in [1.82, 2.24) is 0 Å². The van der Waals surface area contributed by atoms with Crippen LogP contribution in [0.4, 0.5) is 0 Å². The predicted molar refractivity (Wildman–Crippen MR) is 50.3 cm³/mol. The highest BCUT2D eigenvalue weighted by Gasteiger charge is 1.88. The molecule has 1 aromatic rings. The predicted octanol–water partition coefficient (Wildman–Crippen LogP) is 1.69. The molecule has 0 amide bonds. The van der Waals surface area contributed by atoms with E-state index < -0.39 is 6.10 Å². The molecule has 12 heavy (non-hydrogen) atoms. The molecule has 0 aliphatic carbocycles. The minimum absolute atomic E-state index is 0.787. The molecule has 60 valence electrons. The summed E-state index contributed by atoms with van der Waals surface area (Å²) in [7, 11) is 0. The van der Waals surface area contributed by atoms with Crippen molar-refractivity contribution in [2.45, 2.75) is 6.10 Å². The first-order valence-corrected chi connectivity index (χ1v) is 3.70. The van der Waals surface area contributed by atoms with Crippen LogP contribution >= 0.6 is 0 Å². The molecule has 0 saturated heterocycles. The van der Waals surface area contributed by atoms with Crippen molar-refractivity contribution in [1.29, 1.82) is 0 Å². The van der Waals surface area contributed by atoms with E-state index in [1.54, 1.807) is 12.2 Å². The second kappa shape index (κ2) is 4.38. The van der Waals surface area contributed by atoms with Crippen molar-refractivity contribution in [3.05, 3.63) is 42.0 Å². The normalized spacial score (nSPS) is 12.7. The van der Waals surface area contributed by atoms with Gasteiger partial charge in [0.1, 0.15) is 6.10 Å². The number of hydrogen-bond acceptors (Lipinski definition) is 1. The van der Waals surface area contributed by atoms with Crippen LogP contribution in [0.3, 0.4) is 0 Å². The summed E-state index contributed by atoms with van der Waals surface area (Å²) in [5.41, 5.74) is 1.03. The van der Waals surface area contributed by atoms with Crippen LogP contribution in [0.5, 0.6) is 0 Å². The average molecular weight is 158 g/mol. The molecule has 1 nitrogen and oxygen atoms in total. The lowest BCUT2D eigenvalue weighted by Gasteiger charge is -1.93. The molecule has 0 aliphatic heterocycles. The lowest BCUT2D eigenvalue weighted by atomic mass is 10.2. The van der Waals surface area contributed by atoms with Crippen LogP contribution in [-0.2, 0) is 0 Å². The Morgan fingerprint density at radius 1 is 1.33 bits per heavy atom. The number of benzene rings is 1. The first-order chi connectivity index (χ1) is 5.83. The molecule has 0 unspecified atom stereocenters. The van der Waals surface area contributed by atoms with Crippen LogP contribution in [0.2, 0.25) is 0 Å². The van der Waals surface area contributed by atoms with Gasteiger partial charge in [-0.2, -0.15) is 0 Å². The standard InChI is InChI=1S/C11H10O/c1-2-11(12)9-8-10-6-4-3-5-7-10/h1,3-9,11-12H/t11-/m0/s1. The lowest BCUT2D eigenvalue weighted by Crippen LogP contribution is -1.94. The monoisotopic (exact) mass is 158 g/mol. The third-order valence-corrected chi connectivity index (χ3v) is 1.44. The van der Waals surface area contributed by atoms with Gasteiger partial charge in [0.15, 0.2) is 0 Å². The molecule has 1 heteroatoms. The molecule has 0 aromatic heterocycles.